The molecule has 0 atom stereocenters. The van der Waals surface area contributed by atoms with Crippen LogP contribution in [-0.2, 0) is 14.4 Å². The number of rotatable bonds is 9. The third-order valence-electron chi connectivity index (χ3n) is 2.23. The standard InChI is InChI=1S/C12H19NO4/c1-9(13-17)7-11(15)5-3-4-6-12(16)8-10(2)14/h17H,3-8H2,1-2H3. The summed E-state index contributed by atoms with van der Waals surface area (Å²) < 4.78 is 0. The first kappa shape index (κ1) is 15.5. The summed E-state index contributed by atoms with van der Waals surface area (Å²) in [6, 6.07) is 0. The minimum absolute atomic E-state index is 0.000633. The maximum Gasteiger partial charge on any atom is 0.140 e. The van der Waals surface area contributed by atoms with Crippen molar-refractivity contribution in [1.29, 1.82) is 0 Å². The molecule has 1 N–H and O–H groups in total. The smallest absolute Gasteiger partial charge is 0.140 e. The molecule has 0 amide bonds. The van der Waals surface area contributed by atoms with Gasteiger partial charge < -0.3 is 5.21 Å². The van der Waals surface area contributed by atoms with Crippen LogP contribution in [0.4, 0.5) is 0 Å². The van der Waals surface area contributed by atoms with Crippen LogP contribution in [0, 0.1) is 0 Å². The topological polar surface area (TPSA) is 83.8 Å². The highest BCUT2D eigenvalue weighted by Gasteiger charge is 2.07. The molecule has 0 saturated heterocycles. The normalized spacial score (nSPS) is 11.3. The molecule has 0 aliphatic carbocycles. The molecule has 0 saturated carbocycles. The van der Waals surface area contributed by atoms with Crippen LogP contribution >= 0.6 is 0 Å². The molecule has 0 aromatic carbocycles. The van der Waals surface area contributed by atoms with E-state index in [0.717, 1.165) is 0 Å². The van der Waals surface area contributed by atoms with Crippen LogP contribution in [-0.4, -0.2) is 28.3 Å². The number of ketones is 3. The molecule has 0 spiro atoms. The highest BCUT2D eigenvalue weighted by atomic mass is 16.4. The first-order valence-electron chi connectivity index (χ1n) is 5.66. The summed E-state index contributed by atoms with van der Waals surface area (Å²) in [5, 5.41) is 11.3. The third-order valence-corrected chi connectivity index (χ3v) is 2.23. The summed E-state index contributed by atoms with van der Waals surface area (Å²) in [5.74, 6) is -0.196. The van der Waals surface area contributed by atoms with Gasteiger partial charge in [0, 0.05) is 19.3 Å². The Kier molecular flexibility index (Phi) is 7.84. The highest BCUT2D eigenvalue weighted by molar-refractivity contribution is 6.00. The van der Waals surface area contributed by atoms with E-state index in [0.29, 0.717) is 31.4 Å². The van der Waals surface area contributed by atoms with E-state index in [4.69, 9.17) is 5.21 Å². The third kappa shape index (κ3) is 9.41. The van der Waals surface area contributed by atoms with Crippen LogP contribution in [0.2, 0.25) is 0 Å². The van der Waals surface area contributed by atoms with E-state index >= 15 is 0 Å². The van der Waals surface area contributed by atoms with Gasteiger partial charge in [0.25, 0.3) is 0 Å². The number of nitrogens with zero attached hydrogens (tertiary/aromatic N) is 1. The Bertz CT molecular complexity index is 320. The number of oxime groups is 1. The lowest BCUT2D eigenvalue weighted by atomic mass is 10.0. The Balaban J connectivity index is 3.61. The molecule has 5 nitrogen and oxygen atoms in total. The molecule has 0 unspecified atom stereocenters. The van der Waals surface area contributed by atoms with Crippen molar-refractivity contribution in [2.75, 3.05) is 0 Å². The number of hydrogen-bond donors (Lipinski definition) is 1. The van der Waals surface area contributed by atoms with Gasteiger partial charge in [-0.05, 0) is 26.7 Å². The van der Waals surface area contributed by atoms with Gasteiger partial charge in [-0.25, -0.2) is 0 Å². The van der Waals surface area contributed by atoms with Gasteiger partial charge in [-0.15, -0.1) is 0 Å². The minimum atomic E-state index is -0.124. The fraction of sp³-hybridized carbons (Fsp3) is 0.667. The fourth-order valence-electron chi connectivity index (χ4n) is 1.42. The molecule has 17 heavy (non-hydrogen) atoms. The molecule has 0 rings (SSSR count). The van der Waals surface area contributed by atoms with Gasteiger partial charge in [-0.2, -0.15) is 0 Å². The van der Waals surface area contributed by atoms with Gasteiger partial charge in [0.15, 0.2) is 0 Å². The van der Waals surface area contributed by atoms with Crippen LogP contribution in [0.5, 0.6) is 0 Å². The second-order valence-corrected chi connectivity index (χ2v) is 4.18. The molecule has 0 bridgehead atoms. The second-order valence-electron chi connectivity index (χ2n) is 4.18. The van der Waals surface area contributed by atoms with Crippen molar-refractivity contribution in [2.45, 2.75) is 52.4 Å². The van der Waals surface area contributed by atoms with Gasteiger partial charge in [0.2, 0.25) is 0 Å². The van der Waals surface area contributed by atoms with E-state index in [1.54, 1.807) is 6.92 Å². The minimum Gasteiger partial charge on any atom is -0.411 e. The van der Waals surface area contributed by atoms with E-state index in [9.17, 15) is 14.4 Å². The molecule has 96 valence electrons. The van der Waals surface area contributed by atoms with Crippen LogP contribution in [0.1, 0.15) is 52.4 Å². The summed E-state index contributed by atoms with van der Waals surface area (Å²) >= 11 is 0. The van der Waals surface area contributed by atoms with Crippen molar-refractivity contribution in [3.63, 3.8) is 0 Å². The zero-order valence-electron chi connectivity index (χ0n) is 10.4. The number of unbranched alkanes of at least 4 members (excludes halogenated alkanes) is 1. The SMILES string of the molecule is CC(=O)CC(=O)CCCCC(=O)CC(C)=NO. The molecule has 0 aromatic heterocycles. The number of carbonyl (C=O) groups is 3. The number of hydrogen-bond acceptors (Lipinski definition) is 5. The van der Waals surface area contributed by atoms with E-state index < -0.39 is 0 Å². The summed E-state index contributed by atoms with van der Waals surface area (Å²) in [5.41, 5.74) is 0.391. The van der Waals surface area contributed by atoms with E-state index in [2.05, 4.69) is 5.16 Å². The van der Waals surface area contributed by atoms with Crippen molar-refractivity contribution >= 4 is 23.1 Å². The predicted molar refractivity (Wildman–Crippen MR) is 63.3 cm³/mol. The van der Waals surface area contributed by atoms with Crippen LogP contribution < -0.4 is 0 Å². The lowest BCUT2D eigenvalue weighted by molar-refractivity contribution is -0.126. The Labute approximate surface area is 101 Å². The van der Waals surface area contributed by atoms with Crippen LogP contribution in [0.15, 0.2) is 5.16 Å². The highest BCUT2D eigenvalue weighted by Crippen LogP contribution is 2.05. The Morgan fingerprint density at radius 2 is 1.41 bits per heavy atom. The fourth-order valence-corrected chi connectivity index (χ4v) is 1.42. The van der Waals surface area contributed by atoms with Gasteiger partial charge in [-0.1, -0.05) is 5.16 Å². The van der Waals surface area contributed by atoms with Crippen LogP contribution in [0.25, 0.3) is 0 Å². The lowest BCUT2D eigenvalue weighted by Crippen LogP contribution is -2.06. The predicted octanol–water partition coefficient (Wildman–Crippen LogP) is 1.90. The van der Waals surface area contributed by atoms with E-state index in [1.807, 2.05) is 0 Å². The number of carbonyl (C=O) groups excluding carboxylic acids is 3. The first-order valence-corrected chi connectivity index (χ1v) is 5.66. The summed E-state index contributed by atoms with van der Waals surface area (Å²) in [6.07, 6.45) is 2.11. The van der Waals surface area contributed by atoms with E-state index in [1.165, 1.54) is 6.92 Å². The monoisotopic (exact) mass is 241 g/mol. The molecular formula is C12H19NO4. The Morgan fingerprint density at radius 1 is 0.941 bits per heavy atom. The summed E-state index contributed by atoms with van der Waals surface area (Å²) in [4.78, 5) is 33.1. The van der Waals surface area contributed by atoms with Gasteiger partial charge in [0.05, 0.1) is 12.1 Å². The van der Waals surface area contributed by atoms with Crippen molar-refractivity contribution in [3.05, 3.63) is 0 Å². The van der Waals surface area contributed by atoms with Gasteiger partial charge in [0.1, 0.15) is 17.3 Å². The van der Waals surface area contributed by atoms with Gasteiger partial charge >= 0.3 is 0 Å². The largest absolute Gasteiger partial charge is 0.411 e. The Morgan fingerprint density at radius 3 is 1.82 bits per heavy atom. The lowest BCUT2D eigenvalue weighted by Gasteiger charge is -2.00. The maximum absolute atomic E-state index is 11.3. The number of Topliss-reactive ketones (excluding diaryl/α,β-unsaturated/α-hetero) is 3. The summed E-state index contributed by atoms with van der Waals surface area (Å²) in [7, 11) is 0. The molecule has 0 aromatic rings. The first-order chi connectivity index (χ1) is 7.95. The van der Waals surface area contributed by atoms with Gasteiger partial charge in [-0.3, -0.25) is 14.4 Å². The molecule has 0 aliphatic rings. The quantitative estimate of drug-likeness (QED) is 0.220. The Hall–Kier alpha value is -1.52. The van der Waals surface area contributed by atoms with Crippen molar-refractivity contribution in [3.8, 4) is 0 Å². The van der Waals surface area contributed by atoms with Crippen molar-refractivity contribution < 1.29 is 19.6 Å². The van der Waals surface area contributed by atoms with Crippen molar-refractivity contribution in [1.82, 2.24) is 0 Å². The average Bonchev–Trinajstić information content (AvgIpc) is 2.23. The zero-order chi connectivity index (χ0) is 13.3. The van der Waals surface area contributed by atoms with E-state index in [-0.39, 0.29) is 30.2 Å². The molecule has 0 heterocycles. The summed E-state index contributed by atoms with van der Waals surface area (Å²) in [6.45, 7) is 2.96. The maximum atomic E-state index is 11.3. The molecule has 0 aliphatic heterocycles. The molecule has 0 fully saturated rings. The van der Waals surface area contributed by atoms with Crippen LogP contribution in [0.3, 0.4) is 0 Å². The zero-order valence-corrected chi connectivity index (χ0v) is 10.4. The molecule has 0 radical (unpaired) electrons. The molecule has 5 heteroatoms. The van der Waals surface area contributed by atoms with Crippen molar-refractivity contribution in [2.24, 2.45) is 5.16 Å². The average molecular weight is 241 g/mol. The second kappa shape index (κ2) is 8.61. The molecular weight excluding hydrogens is 222 g/mol.